The van der Waals surface area contributed by atoms with E-state index < -0.39 is 5.41 Å². The molecular formula is C59H38N2O. The Kier molecular flexibility index (Phi) is 7.52. The Morgan fingerprint density at radius 2 is 1.00 bits per heavy atom. The van der Waals surface area contributed by atoms with Gasteiger partial charge in [0.2, 0.25) is 0 Å². The van der Waals surface area contributed by atoms with Gasteiger partial charge in [0.15, 0.2) is 0 Å². The summed E-state index contributed by atoms with van der Waals surface area (Å²) in [5.41, 5.74) is 15.3. The van der Waals surface area contributed by atoms with Crippen LogP contribution in [0.25, 0.3) is 71.3 Å². The lowest BCUT2D eigenvalue weighted by Crippen LogP contribution is -2.29. The van der Waals surface area contributed by atoms with Gasteiger partial charge < -0.3 is 13.9 Å². The van der Waals surface area contributed by atoms with Crippen LogP contribution in [0.1, 0.15) is 22.3 Å². The third-order valence-electron chi connectivity index (χ3n) is 13.2. The van der Waals surface area contributed by atoms with E-state index in [-0.39, 0.29) is 0 Å². The number of fused-ring (bicyclic) bond motifs is 11. The predicted octanol–water partition coefficient (Wildman–Crippen LogP) is 15.7. The van der Waals surface area contributed by atoms with Crippen LogP contribution in [0.15, 0.2) is 235 Å². The van der Waals surface area contributed by atoms with Gasteiger partial charge in [0.1, 0.15) is 11.2 Å². The Balaban J connectivity index is 1.15. The third-order valence-corrected chi connectivity index (χ3v) is 13.2. The van der Waals surface area contributed by atoms with Crippen molar-refractivity contribution in [3.05, 3.63) is 253 Å². The molecule has 290 valence electrons. The first-order valence-electron chi connectivity index (χ1n) is 21.3. The number of benzene rings is 10. The Morgan fingerprint density at radius 1 is 0.403 bits per heavy atom. The second kappa shape index (κ2) is 13.4. The van der Waals surface area contributed by atoms with Crippen LogP contribution in [-0.4, -0.2) is 4.57 Å². The molecule has 1 aliphatic rings. The van der Waals surface area contributed by atoms with E-state index in [4.69, 9.17) is 4.42 Å². The first-order chi connectivity index (χ1) is 30.8. The average molecular weight is 791 g/mol. The van der Waals surface area contributed by atoms with Gasteiger partial charge in [-0.3, -0.25) is 0 Å². The van der Waals surface area contributed by atoms with E-state index in [2.05, 4.69) is 234 Å². The summed E-state index contributed by atoms with van der Waals surface area (Å²) < 4.78 is 8.98. The maximum absolute atomic E-state index is 6.58. The molecule has 0 unspecified atom stereocenters. The molecule has 3 heteroatoms. The van der Waals surface area contributed by atoms with E-state index in [9.17, 15) is 0 Å². The second-order valence-corrected chi connectivity index (χ2v) is 16.4. The molecule has 2 heterocycles. The molecule has 0 bridgehead atoms. The van der Waals surface area contributed by atoms with E-state index in [0.29, 0.717) is 0 Å². The van der Waals surface area contributed by atoms with Crippen molar-refractivity contribution in [3.8, 4) is 16.8 Å². The van der Waals surface area contributed by atoms with Crippen LogP contribution in [0.5, 0.6) is 0 Å². The zero-order valence-corrected chi connectivity index (χ0v) is 33.7. The van der Waals surface area contributed by atoms with Gasteiger partial charge in [-0.15, -0.1) is 0 Å². The number of rotatable bonds is 6. The summed E-state index contributed by atoms with van der Waals surface area (Å²) in [6.45, 7) is 0. The lowest BCUT2D eigenvalue weighted by Gasteiger charge is -2.35. The standard InChI is InChI=1S/C59H38N2O/c1-4-18-40(19-5-1)59(41-20-6-2-7-21-41)51-37-43(32-35-46(51)49-34-31-39-17-10-11-24-45(39)58(49)59)60(53-28-16-30-56-57(53)50-26-13-15-29-55(50)62-56)44-33-36-48-47-25-12-14-27-52(47)61(54(48)38-44)42-22-8-3-9-23-42/h1-38H. The first-order valence-corrected chi connectivity index (χ1v) is 21.3. The van der Waals surface area contributed by atoms with Crippen LogP contribution < -0.4 is 4.90 Å². The maximum Gasteiger partial charge on any atom is 0.137 e. The van der Waals surface area contributed by atoms with Crippen LogP contribution in [0.2, 0.25) is 0 Å². The normalized spacial score (nSPS) is 13.0. The molecule has 2 aromatic heterocycles. The Bertz CT molecular complexity index is 3660. The number of anilines is 3. The lowest BCUT2D eigenvalue weighted by molar-refractivity contribution is 0.669. The van der Waals surface area contributed by atoms with Crippen LogP contribution in [0.4, 0.5) is 17.1 Å². The molecule has 0 radical (unpaired) electrons. The van der Waals surface area contributed by atoms with Crippen molar-refractivity contribution in [2.75, 3.05) is 4.90 Å². The number of aromatic nitrogens is 1. The van der Waals surface area contributed by atoms with E-state index in [0.717, 1.165) is 50.2 Å². The molecule has 0 N–H and O–H groups in total. The zero-order chi connectivity index (χ0) is 40.8. The predicted molar refractivity (Wildman–Crippen MR) is 258 cm³/mol. The van der Waals surface area contributed by atoms with Gasteiger partial charge in [-0.1, -0.05) is 170 Å². The lowest BCUT2D eigenvalue weighted by atomic mass is 9.66. The molecule has 10 aromatic carbocycles. The van der Waals surface area contributed by atoms with Gasteiger partial charge in [0, 0.05) is 33.2 Å². The molecule has 3 nitrogen and oxygen atoms in total. The van der Waals surface area contributed by atoms with Crippen molar-refractivity contribution >= 4 is 71.6 Å². The summed E-state index contributed by atoms with van der Waals surface area (Å²) in [7, 11) is 0. The molecule has 0 saturated heterocycles. The number of furan rings is 1. The smallest absolute Gasteiger partial charge is 0.137 e. The molecule has 0 atom stereocenters. The van der Waals surface area contributed by atoms with E-state index >= 15 is 0 Å². The Labute approximate surface area is 359 Å². The van der Waals surface area contributed by atoms with Crippen molar-refractivity contribution in [2.24, 2.45) is 0 Å². The largest absolute Gasteiger partial charge is 0.456 e. The minimum absolute atomic E-state index is 0.603. The van der Waals surface area contributed by atoms with Gasteiger partial charge in [0.05, 0.1) is 27.5 Å². The number of para-hydroxylation sites is 3. The maximum atomic E-state index is 6.58. The van der Waals surface area contributed by atoms with Crippen molar-refractivity contribution in [1.29, 1.82) is 0 Å². The zero-order valence-electron chi connectivity index (χ0n) is 33.7. The van der Waals surface area contributed by atoms with Crippen molar-refractivity contribution in [3.63, 3.8) is 0 Å². The van der Waals surface area contributed by atoms with Gasteiger partial charge in [-0.05, 0) is 105 Å². The SMILES string of the molecule is c1ccc(-n2c3ccccc3c3ccc(N(c4ccc5c(c4)C(c4ccccc4)(c4ccccc4)c4c-5ccc5ccccc45)c4cccc5oc6ccccc6c45)cc32)cc1. The average Bonchev–Trinajstić information content (AvgIpc) is 3.99. The Morgan fingerprint density at radius 3 is 1.79 bits per heavy atom. The van der Waals surface area contributed by atoms with Gasteiger partial charge in [-0.2, -0.15) is 0 Å². The van der Waals surface area contributed by atoms with Gasteiger partial charge >= 0.3 is 0 Å². The highest BCUT2D eigenvalue weighted by atomic mass is 16.3. The molecule has 0 amide bonds. The molecule has 0 spiro atoms. The van der Waals surface area contributed by atoms with Gasteiger partial charge in [0.25, 0.3) is 0 Å². The van der Waals surface area contributed by atoms with E-state index in [1.54, 1.807) is 0 Å². The summed E-state index contributed by atoms with van der Waals surface area (Å²) in [5.74, 6) is 0. The molecular weight excluding hydrogens is 753 g/mol. The van der Waals surface area contributed by atoms with Crippen molar-refractivity contribution in [1.82, 2.24) is 4.57 Å². The number of nitrogens with zero attached hydrogens (tertiary/aromatic N) is 2. The van der Waals surface area contributed by atoms with Crippen LogP contribution in [-0.2, 0) is 5.41 Å². The summed E-state index contributed by atoms with van der Waals surface area (Å²) >= 11 is 0. The summed E-state index contributed by atoms with van der Waals surface area (Å²) in [5, 5.41) is 7.11. The van der Waals surface area contributed by atoms with Gasteiger partial charge in [-0.25, -0.2) is 0 Å². The van der Waals surface area contributed by atoms with E-state index in [1.807, 2.05) is 6.07 Å². The van der Waals surface area contributed by atoms with Crippen LogP contribution in [0.3, 0.4) is 0 Å². The third kappa shape index (κ3) is 4.88. The highest BCUT2D eigenvalue weighted by Gasteiger charge is 2.47. The minimum Gasteiger partial charge on any atom is -0.456 e. The fraction of sp³-hybridized carbons (Fsp3) is 0.0169. The highest BCUT2D eigenvalue weighted by Crippen LogP contribution is 2.59. The van der Waals surface area contributed by atoms with Crippen molar-refractivity contribution < 1.29 is 4.42 Å². The highest BCUT2D eigenvalue weighted by molar-refractivity contribution is 6.15. The molecule has 0 saturated carbocycles. The molecule has 12 aromatic rings. The molecule has 62 heavy (non-hydrogen) atoms. The monoisotopic (exact) mass is 790 g/mol. The topological polar surface area (TPSA) is 21.3 Å². The fourth-order valence-corrected chi connectivity index (χ4v) is 10.7. The summed E-state index contributed by atoms with van der Waals surface area (Å²) in [4.78, 5) is 2.46. The summed E-state index contributed by atoms with van der Waals surface area (Å²) in [6.07, 6.45) is 0. The summed E-state index contributed by atoms with van der Waals surface area (Å²) in [6, 6.07) is 84.2. The first kappa shape index (κ1) is 34.7. The quantitative estimate of drug-likeness (QED) is 0.167. The van der Waals surface area contributed by atoms with Crippen LogP contribution in [0, 0.1) is 0 Å². The van der Waals surface area contributed by atoms with Crippen LogP contribution >= 0.6 is 0 Å². The molecule has 0 fully saturated rings. The number of hydrogen-bond acceptors (Lipinski definition) is 2. The van der Waals surface area contributed by atoms with Crippen molar-refractivity contribution in [2.45, 2.75) is 5.41 Å². The fourth-order valence-electron chi connectivity index (χ4n) is 10.7. The molecule has 1 aliphatic carbocycles. The minimum atomic E-state index is -0.603. The second-order valence-electron chi connectivity index (χ2n) is 16.4. The number of hydrogen-bond donors (Lipinski definition) is 0. The molecule has 13 rings (SSSR count). The Hall–Kier alpha value is -8.14. The molecule has 0 aliphatic heterocycles. The van der Waals surface area contributed by atoms with E-state index in [1.165, 1.54) is 60.4 Å².